The molecule has 1 N–H and O–H groups in total. The molecule has 3 heterocycles. The molecule has 0 unspecified atom stereocenters. The van der Waals surface area contributed by atoms with E-state index < -0.39 is 0 Å². The van der Waals surface area contributed by atoms with Gasteiger partial charge in [-0.15, -0.1) is 5.10 Å². The molecule has 0 bridgehead atoms. The first-order chi connectivity index (χ1) is 17.4. The number of thioether (sulfide) groups is 1. The fourth-order valence-electron chi connectivity index (χ4n) is 3.88. The number of aromatic nitrogens is 6. The van der Waals surface area contributed by atoms with Gasteiger partial charge in [0.2, 0.25) is 5.91 Å². The van der Waals surface area contributed by atoms with Gasteiger partial charge in [0, 0.05) is 50.4 Å². The second-order valence-electron chi connectivity index (χ2n) is 8.27. The quantitative estimate of drug-likeness (QED) is 0.173. The number of benzene rings is 1. The first kappa shape index (κ1) is 25.7. The average Bonchev–Trinajstić information content (AvgIpc) is 3.45. The summed E-state index contributed by atoms with van der Waals surface area (Å²) in [5.41, 5.74) is 3.40. The van der Waals surface area contributed by atoms with E-state index in [2.05, 4.69) is 10.4 Å². The van der Waals surface area contributed by atoms with Crippen LogP contribution >= 0.6 is 11.8 Å². The molecule has 1 amide bonds. The summed E-state index contributed by atoms with van der Waals surface area (Å²) in [5, 5.41) is 13.5. The fourth-order valence-corrected chi connectivity index (χ4v) is 4.66. The van der Waals surface area contributed by atoms with Crippen LogP contribution in [0, 0.1) is 13.8 Å². The molecule has 0 radical (unpaired) electrons. The van der Waals surface area contributed by atoms with Crippen LogP contribution in [0.3, 0.4) is 0 Å². The fraction of sp³-hybridized carbons (Fsp3) is 0.458. The molecule has 12 heteroatoms. The Hall–Kier alpha value is -3.38. The highest BCUT2D eigenvalue weighted by Crippen LogP contribution is 2.34. The average molecular weight is 514 g/mol. The van der Waals surface area contributed by atoms with Crippen molar-refractivity contribution >= 4 is 34.2 Å². The Labute approximate surface area is 213 Å². The molecule has 11 nitrogen and oxygen atoms in total. The number of rotatable bonds is 12. The lowest BCUT2D eigenvalue weighted by atomic mass is 10.2. The van der Waals surface area contributed by atoms with Crippen LogP contribution in [-0.2, 0) is 22.5 Å². The van der Waals surface area contributed by atoms with Crippen molar-refractivity contribution in [2.45, 2.75) is 38.4 Å². The molecule has 0 aliphatic rings. The third-order valence-electron chi connectivity index (χ3n) is 5.62. The summed E-state index contributed by atoms with van der Waals surface area (Å²) in [6.45, 7) is 5.83. The van der Waals surface area contributed by atoms with Crippen molar-refractivity contribution in [3.8, 4) is 11.5 Å². The Balaban J connectivity index is 1.65. The summed E-state index contributed by atoms with van der Waals surface area (Å²) >= 11 is 1.31. The van der Waals surface area contributed by atoms with Gasteiger partial charge in [-0.1, -0.05) is 11.8 Å². The second kappa shape index (κ2) is 11.6. The van der Waals surface area contributed by atoms with E-state index in [0.29, 0.717) is 59.8 Å². The minimum atomic E-state index is -0.0803. The molecule has 3 aromatic heterocycles. The van der Waals surface area contributed by atoms with E-state index in [-0.39, 0.29) is 11.7 Å². The van der Waals surface area contributed by atoms with E-state index >= 15 is 0 Å². The summed E-state index contributed by atoms with van der Waals surface area (Å²) in [7, 11) is 4.82. The van der Waals surface area contributed by atoms with Gasteiger partial charge in [0.15, 0.2) is 28.1 Å². The zero-order chi connectivity index (χ0) is 25.7. The molecule has 1 aromatic carbocycles. The lowest BCUT2D eigenvalue weighted by molar-refractivity contribution is -0.118. The van der Waals surface area contributed by atoms with Crippen LogP contribution < -0.4 is 14.8 Å². The smallest absolute Gasteiger partial charge is 0.230 e. The van der Waals surface area contributed by atoms with Gasteiger partial charge in [0.05, 0.1) is 31.2 Å². The van der Waals surface area contributed by atoms with Crippen molar-refractivity contribution in [1.29, 1.82) is 0 Å². The number of fused-ring (bicyclic) bond motifs is 3. The Kier molecular flexibility index (Phi) is 8.26. The molecule has 0 aliphatic heterocycles. The third-order valence-corrected chi connectivity index (χ3v) is 6.55. The van der Waals surface area contributed by atoms with E-state index in [1.54, 1.807) is 25.8 Å². The number of ether oxygens (including phenoxy) is 3. The highest BCUT2D eigenvalue weighted by Gasteiger charge is 2.18. The zero-order valence-electron chi connectivity index (χ0n) is 21.2. The second-order valence-corrected chi connectivity index (χ2v) is 9.21. The maximum absolute atomic E-state index is 12.4. The summed E-state index contributed by atoms with van der Waals surface area (Å²) in [4.78, 5) is 22.0. The van der Waals surface area contributed by atoms with Crippen LogP contribution in [0.5, 0.6) is 11.5 Å². The maximum Gasteiger partial charge on any atom is 0.230 e. The standard InChI is InChI=1S/C24H31N7O4S/c1-15-11-16(2)30(28-15)9-7-21-27-23-17-12-19(34-4)20(35-5)13-18(17)26-24(31(23)29-21)36-14-22(32)25-8-6-10-33-3/h11-13H,6-10,14H2,1-5H3,(H,25,32). The molecule has 36 heavy (non-hydrogen) atoms. The van der Waals surface area contributed by atoms with Crippen molar-refractivity contribution in [2.75, 3.05) is 40.2 Å². The molecule has 0 aliphatic carbocycles. The molecule has 0 saturated heterocycles. The van der Waals surface area contributed by atoms with Crippen LogP contribution in [0.1, 0.15) is 23.6 Å². The lowest BCUT2D eigenvalue weighted by Crippen LogP contribution is -2.27. The lowest BCUT2D eigenvalue weighted by Gasteiger charge is -2.11. The molecule has 0 fully saturated rings. The first-order valence-electron chi connectivity index (χ1n) is 11.6. The monoisotopic (exact) mass is 513 g/mol. The number of carbonyl (C=O) groups excluding carboxylic acids is 1. The van der Waals surface area contributed by atoms with Gasteiger partial charge in [0.25, 0.3) is 0 Å². The van der Waals surface area contributed by atoms with E-state index in [0.717, 1.165) is 23.2 Å². The highest BCUT2D eigenvalue weighted by atomic mass is 32.2. The number of nitrogens with zero attached hydrogens (tertiary/aromatic N) is 6. The minimum absolute atomic E-state index is 0.0803. The van der Waals surface area contributed by atoms with Crippen molar-refractivity contribution in [2.24, 2.45) is 0 Å². The number of amides is 1. The summed E-state index contributed by atoms with van der Waals surface area (Å²) in [5.74, 6) is 1.94. The maximum atomic E-state index is 12.4. The summed E-state index contributed by atoms with van der Waals surface area (Å²) < 4.78 is 19.6. The number of carbonyl (C=O) groups is 1. The van der Waals surface area contributed by atoms with Gasteiger partial charge in [-0.3, -0.25) is 9.48 Å². The summed E-state index contributed by atoms with van der Waals surface area (Å²) in [6, 6.07) is 5.71. The summed E-state index contributed by atoms with van der Waals surface area (Å²) in [6.07, 6.45) is 1.36. The van der Waals surface area contributed by atoms with Gasteiger partial charge in [0.1, 0.15) is 0 Å². The number of methoxy groups -OCH3 is 3. The molecule has 0 spiro atoms. The zero-order valence-corrected chi connectivity index (χ0v) is 22.0. The van der Waals surface area contributed by atoms with Crippen LogP contribution in [0.4, 0.5) is 0 Å². The van der Waals surface area contributed by atoms with Gasteiger partial charge in [-0.25, -0.2) is 9.97 Å². The van der Waals surface area contributed by atoms with E-state index in [1.165, 1.54) is 11.8 Å². The predicted octanol–water partition coefficient (Wildman–Crippen LogP) is 2.60. The SMILES string of the molecule is COCCCNC(=O)CSc1nc2cc(OC)c(OC)cc2c2nc(CCn3nc(C)cc3C)nn12. The number of hydrogen-bond donors (Lipinski definition) is 1. The van der Waals surface area contributed by atoms with Crippen molar-refractivity contribution < 1.29 is 19.0 Å². The number of nitrogens with one attached hydrogen (secondary N) is 1. The molecular formula is C24H31N7O4S. The van der Waals surface area contributed by atoms with Crippen LogP contribution in [0.2, 0.25) is 0 Å². The Morgan fingerprint density at radius 1 is 1.06 bits per heavy atom. The third kappa shape index (κ3) is 5.71. The number of hydrogen-bond acceptors (Lipinski definition) is 9. The Bertz CT molecular complexity index is 1370. The predicted molar refractivity (Wildman–Crippen MR) is 137 cm³/mol. The van der Waals surface area contributed by atoms with E-state index in [1.807, 2.05) is 36.7 Å². The molecule has 0 saturated carbocycles. The van der Waals surface area contributed by atoms with Gasteiger partial charge in [-0.05, 0) is 32.4 Å². The molecule has 4 rings (SSSR count). The minimum Gasteiger partial charge on any atom is -0.493 e. The molecule has 192 valence electrons. The molecule has 4 aromatic rings. The van der Waals surface area contributed by atoms with Gasteiger partial charge in [-0.2, -0.15) is 9.61 Å². The Morgan fingerprint density at radius 2 is 1.83 bits per heavy atom. The largest absolute Gasteiger partial charge is 0.493 e. The number of aryl methyl sites for hydroxylation is 4. The normalized spacial score (nSPS) is 11.4. The Morgan fingerprint density at radius 3 is 2.53 bits per heavy atom. The van der Waals surface area contributed by atoms with Gasteiger partial charge < -0.3 is 19.5 Å². The highest BCUT2D eigenvalue weighted by molar-refractivity contribution is 7.99. The van der Waals surface area contributed by atoms with Crippen LogP contribution in [0.15, 0.2) is 23.4 Å². The first-order valence-corrected chi connectivity index (χ1v) is 12.6. The topological polar surface area (TPSA) is 118 Å². The van der Waals surface area contributed by atoms with Crippen LogP contribution in [-0.4, -0.2) is 75.5 Å². The van der Waals surface area contributed by atoms with Crippen molar-refractivity contribution in [3.05, 3.63) is 35.4 Å². The van der Waals surface area contributed by atoms with E-state index in [4.69, 9.17) is 29.3 Å². The van der Waals surface area contributed by atoms with Crippen LogP contribution in [0.25, 0.3) is 16.6 Å². The van der Waals surface area contributed by atoms with Crippen molar-refractivity contribution in [3.63, 3.8) is 0 Å². The molecular weight excluding hydrogens is 482 g/mol. The van der Waals surface area contributed by atoms with Crippen molar-refractivity contribution in [1.82, 2.24) is 34.7 Å². The molecule has 0 atom stereocenters. The van der Waals surface area contributed by atoms with Gasteiger partial charge >= 0.3 is 0 Å². The van der Waals surface area contributed by atoms with E-state index in [9.17, 15) is 4.79 Å².